The minimum atomic E-state index is -2.19. The lowest BCUT2D eigenvalue weighted by molar-refractivity contribution is 0.384. The molecule has 0 saturated carbocycles. The molecule has 206 valence electrons. The molecule has 8 heteroatoms. The van der Waals surface area contributed by atoms with Crippen molar-refractivity contribution in [2.45, 2.75) is 13.8 Å². The molecule has 0 unspecified atom stereocenters. The second-order valence-electron chi connectivity index (χ2n) is 10.6. The number of rotatable bonds is 3. The molecular formula is C34H22BF5N2. The van der Waals surface area contributed by atoms with E-state index in [1.54, 1.807) is 33.9 Å². The molecule has 0 amide bonds. The predicted molar refractivity (Wildman–Crippen MR) is 160 cm³/mol. The van der Waals surface area contributed by atoms with Gasteiger partial charge in [0.25, 0.3) is 0 Å². The summed E-state index contributed by atoms with van der Waals surface area (Å²) in [5.41, 5.74) is 3.23. The van der Waals surface area contributed by atoms with Crippen LogP contribution in [0.15, 0.2) is 97.1 Å². The van der Waals surface area contributed by atoms with Gasteiger partial charge in [0.15, 0.2) is 29.1 Å². The van der Waals surface area contributed by atoms with Gasteiger partial charge in [-0.1, -0.05) is 83.9 Å². The van der Waals surface area contributed by atoms with E-state index in [9.17, 15) is 13.2 Å². The number of halogens is 5. The lowest BCUT2D eigenvalue weighted by atomic mass is 9.63. The molecule has 0 fully saturated rings. The summed E-state index contributed by atoms with van der Waals surface area (Å²) >= 11 is 0. The summed E-state index contributed by atoms with van der Waals surface area (Å²) in [7, 11) is 0. The molecule has 0 spiro atoms. The van der Waals surface area contributed by atoms with Crippen molar-refractivity contribution < 1.29 is 22.0 Å². The highest BCUT2D eigenvalue weighted by atomic mass is 19.2. The number of anilines is 4. The van der Waals surface area contributed by atoms with Gasteiger partial charge in [-0.3, -0.25) is 0 Å². The van der Waals surface area contributed by atoms with Gasteiger partial charge in [0.1, 0.15) is 0 Å². The molecule has 0 aliphatic carbocycles. The maximum Gasteiger partial charge on any atom is 0.427 e. The van der Waals surface area contributed by atoms with Crippen LogP contribution < -0.4 is 15.1 Å². The van der Waals surface area contributed by atoms with Crippen LogP contribution in [0.1, 0.15) is 11.1 Å². The Morgan fingerprint density at radius 2 is 0.762 bits per heavy atom. The molecule has 0 bridgehead atoms. The molecule has 1 aliphatic rings. The second kappa shape index (κ2) is 9.62. The lowest BCUT2D eigenvalue weighted by Gasteiger charge is -2.31. The molecule has 42 heavy (non-hydrogen) atoms. The van der Waals surface area contributed by atoms with Crippen LogP contribution >= 0.6 is 0 Å². The van der Waals surface area contributed by atoms with Crippen LogP contribution in [0.2, 0.25) is 0 Å². The fourth-order valence-corrected chi connectivity index (χ4v) is 6.01. The van der Waals surface area contributed by atoms with E-state index in [4.69, 9.17) is 0 Å². The summed E-state index contributed by atoms with van der Waals surface area (Å²) < 4.78 is 75.7. The Bertz CT molecular complexity index is 1890. The second-order valence-corrected chi connectivity index (χ2v) is 10.6. The fourth-order valence-electron chi connectivity index (χ4n) is 6.01. The average molecular weight is 564 g/mol. The Morgan fingerprint density at radius 1 is 0.429 bits per heavy atom. The van der Waals surface area contributed by atoms with Gasteiger partial charge in [0.05, 0.1) is 11.4 Å². The fraction of sp³-hybridized carbons (Fsp3) is 0.0588. The largest absolute Gasteiger partial charge is 0.427 e. The van der Waals surface area contributed by atoms with Crippen LogP contribution in [0, 0.1) is 42.9 Å². The minimum Gasteiger partial charge on any atom is -0.359 e. The molecule has 1 aliphatic heterocycles. The molecular weight excluding hydrogens is 542 g/mol. The van der Waals surface area contributed by atoms with E-state index in [0.717, 1.165) is 32.7 Å². The maximum atomic E-state index is 15.8. The quantitative estimate of drug-likeness (QED) is 0.0696. The monoisotopic (exact) mass is 564 g/mol. The zero-order valence-corrected chi connectivity index (χ0v) is 22.6. The van der Waals surface area contributed by atoms with Crippen molar-refractivity contribution in [2.24, 2.45) is 0 Å². The number of hydrogen-bond acceptors (Lipinski definition) is 2. The SMILES string of the molecule is Cc1ccc(N2B(c3c(F)c(F)c(F)c(F)c3F)N(c3ccc(C)cc3)c3c2c2ccccc2c2ccccc32)cc1. The number of aryl methyl sites for hydroxylation is 2. The summed E-state index contributed by atoms with van der Waals surface area (Å²) in [5.74, 6) is -9.90. The third kappa shape index (κ3) is 3.71. The van der Waals surface area contributed by atoms with Crippen molar-refractivity contribution in [1.82, 2.24) is 0 Å². The summed E-state index contributed by atoms with van der Waals surface area (Å²) in [6.07, 6.45) is 0. The number of hydrogen-bond donors (Lipinski definition) is 0. The van der Waals surface area contributed by atoms with E-state index in [1.807, 2.05) is 86.6 Å². The van der Waals surface area contributed by atoms with Crippen LogP contribution in [0.25, 0.3) is 21.5 Å². The zero-order chi connectivity index (χ0) is 29.3. The third-order valence-corrected chi connectivity index (χ3v) is 7.98. The summed E-state index contributed by atoms with van der Waals surface area (Å²) in [4.78, 5) is 3.36. The first-order valence-corrected chi connectivity index (χ1v) is 13.4. The Hall–Kier alpha value is -4.85. The minimum absolute atomic E-state index is 0.533. The predicted octanol–water partition coefficient (Wildman–Crippen LogP) is 8.99. The number of nitrogens with zero attached hydrogens (tertiary/aromatic N) is 2. The molecule has 0 aromatic heterocycles. The molecule has 2 nitrogen and oxygen atoms in total. The average Bonchev–Trinajstić information content (AvgIpc) is 3.36. The van der Waals surface area contributed by atoms with Gasteiger partial charge < -0.3 is 9.62 Å². The van der Waals surface area contributed by atoms with E-state index >= 15 is 8.78 Å². The van der Waals surface area contributed by atoms with Crippen LogP contribution in [0.5, 0.6) is 0 Å². The third-order valence-electron chi connectivity index (χ3n) is 7.98. The van der Waals surface area contributed by atoms with Gasteiger partial charge in [-0.15, -0.1) is 0 Å². The topological polar surface area (TPSA) is 6.48 Å². The highest BCUT2D eigenvalue weighted by Gasteiger charge is 2.50. The van der Waals surface area contributed by atoms with E-state index in [0.29, 0.717) is 22.7 Å². The standard InChI is InChI=1S/C34H22BF5N2/c1-19-11-15-21(16-12-19)41-33-25-9-5-3-7-23(25)24-8-4-6-10-26(24)34(33)42(22-17-13-20(2)14-18-22)35(41)27-28(36)30(38)32(40)31(39)29(27)37/h3-18H,1-2H3. The normalized spacial score (nSPS) is 13.0. The Kier molecular flexibility index (Phi) is 5.97. The van der Waals surface area contributed by atoms with E-state index in [-0.39, 0.29) is 0 Å². The lowest BCUT2D eigenvalue weighted by Crippen LogP contribution is -2.56. The van der Waals surface area contributed by atoms with Crippen molar-refractivity contribution in [3.63, 3.8) is 0 Å². The van der Waals surface area contributed by atoms with Crippen molar-refractivity contribution in [2.75, 3.05) is 9.62 Å². The van der Waals surface area contributed by atoms with Gasteiger partial charge in [-0.2, -0.15) is 0 Å². The van der Waals surface area contributed by atoms with Gasteiger partial charge in [-0.05, 0) is 48.9 Å². The van der Waals surface area contributed by atoms with Gasteiger partial charge >= 0.3 is 6.98 Å². The molecule has 0 atom stereocenters. The maximum absolute atomic E-state index is 15.8. The molecule has 0 radical (unpaired) electrons. The Labute approximate surface area is 239 Å². The molecule has 6 aromatic rings. The van der Waals surface area contributed by atoms with Gasteiger partial charge in [0.2, 0.25) is 0 Å². The van der Waals surface area contributed by atoms with Crippen LogP contribution in [0.3, 0.4) is 0 Å². The van der Waals surface area contributed by atoms with E-state index in [2.05, 4.69) is 0 Å². The first kappa shape index (κ1) is 26.1. The van der Waals surface area contributed by atoms with Crippen molar-refractivity contribution in [3.05, 3.63) is 137 Å². The summed E-state index contributed by atoms with van der Waals surface area (Å²) in [6.45, 7) is 2.36. The highest BCUT2D eigenvalue weighted by molar-refractivity contribution is 6.85. The van der Waals surface area contributed by atoms with Crippen LogP contribution in [-0.4, -0.2) is 6.98 Å². The Morgan fingerprint density at radius 3 is 1.14 bits per heavy atom. The zero-order valence-electron chi connectivity index (χ0n) is 22.6. The van der Waals surface area contributed by atoms with Crippen LogP contribution in [0.4, 0.5) is 44.7 Å². The van der Waals surface area contributed by atoms with Gasteiger partial charge in [-0.25, -0.2) is 22.0 Å². The molecule has 0 saturated heterocycles. The highest BCUT2D eigenvalue weighted by Crippen LogP contribution is 2.54. The first-order chi connectivity index (χ1) is 20.3. The van der Waals surface area contributed by atoms with Crippen molar-refractivity contribution in [1.29, 1.82) is 0 Å². The molecule has 1 heterocycles. The van der Waals surface area contributed by atoms with Crippen molar-refractivity contribution in [3.8, 4) is 0 Å². The Balaban J connectivity index is 1.70. The number of benzene rings is 6. The van der Waals surface area contributed by atoms with E-state index < -0.39 is 41.5 Å². The number of fused-ring (bicyclic) bond motifs is 6. The molecule has 7 rings (SSSR count). The van der Waals surface area contributed by atoms with Gasteiger partial charge in [0, 0.05) is 27.6 Å². The summed E-state index contributed by atoms with van der Waals surface area (Å²) in [6, 6.07) is 29.9. The summed E-state index contributed by atoms with van der Waals surface area (Å²) in [5, 5.41) is 3.34. The van der Waals surface area contributed by atoms with E-state index in [1.165, 1.54) is 0 Å². The van der Waals surface area contributed by atoms with Crippen molar-refractivity contribution >= 4 is 56.7 Å². The smallest absolute Gasteiger partial charge is 0.359 e. The molecule has 0 N–H and O–H groups in total. The van der Waals surface area contributed by atoms with Crippen LogP contribution in [-0.2, 0) is 0 Å². The molecule has 6 aromatic carbocycles. The first-order valence-electron chi connectivity index (χ1n) is 13.4.